The average Bonchev–Trinajstić information content (AvgIpc) is 2.97. The van der Waals surface area contributed by atoms with Gasteiger partial charge in [0.2, 0.25) is 11.8 Å². The first kappa shape index (κ1) is 18.3. The summed E-state index contributed by atoms with van der Waals surface area (Å²) in [5.74, 6) is -0.161. The summed E-state index contributed by atoms with van der Waals surface area (Å²) in [6, 6.07) is 11.0. The highest BCUT2D eigenvalue weighted by atomic mass is 35.5. The number of nitrogens with zero attached hydrogens (tertiary/aromatic N) is 1. The third kappa shape index (κ3) is 3.68. The zero-order valence-electron chi connectivity index (χ0n) is 15.0. The molecule has 1 aliphatic rings. The molecule has 2 aromatic carbocycles. The fraction of sp³-hybridized carbons (Fsp3) is 0.300. The van der Waals surface area contributed by atoms with Crippen LogP contribution in [0, 0.1) is 19.8 Å². The number of aryl methyl sites for hydroxylation is 2. The minimum Gasteiger partial charge on any atom is -0.495 e. The molecule has 0 bridgehead atoms. The molecular formula is C20H21ClN2O3. The number of carbonyl (C=O) groups excluding carboxylic acids is 2. The maximum absolute atomic E-state index is 12.7. The van der Waals surface area contributed by atoms with Gasteiger partial charge in [-0.25, -0.2) is 0 Å². The van der Waals surface area contributed by atoms with E-state index < -0.39 is 5.92 Å². The number of hydrogen-bond donors (Lipinski definition) is 1. The van der Waals surface area contributed by atoms with Crippen LogP contribution in [-0.2, 0) is 9.59 Å². The molecule has 1 fully saturated rings. The molecule has 3 rings (SSSR count). The van der Waals surface area contributed by atoms with Crippen molar-refractivity contribution in [1.82, 2.24) is 0 Å². The van der Waals surface area contributed by atoms with Gasteiger partial charge in [-0.05, 0) is 43.7 Å². The molecule has 1 N–H and O–H groups in total. The SMILES string of the molecule is COc1ccc(Cl)cc1NC(=O)[C@H]1CC(=O)N(c2ccc(C)cc2C)C1. The van der Waals surface area contributed by atoms with Crippen molar-refractivity contribution in [1.29, 1.82) is 0 Å². The van der Waals surface area contributed by atoms with Gasteiger partial charge in [0, 0.05) is 23.7 Å². The molecule has 1 atom stereocenters. The van der Waals surface area contributed by atoms with E-state index >= 15 is 0 Å². The number of amides is 2. The van der Waals surface area contributed by atoms with E-state index in [-0.39, 0.29) is 18.2 Å². The molecule has 0 aromatic heterocycles. The van der Waals surface area contributed by atoms with Crippen LogP contribution in [0.15, 0.2) is 36.4 Å². The molecule has 6 heteroatoms. The van der Waals surface area contributed by atoms with Gasteiger partial charge in [-0.3, -0.25) is 9.59 Å². The van der Waals surface area contributed by atoms with Gasteiger partial charge in [0.15, 0.2) is 0 Å². The minimum absolute atomic E-state index is 0.0461. The van der Waals surface area contributed by atoms with Gasteiger partial charge in [0.1, 0.15) is 5.75 Å². The zero-order valence-corrected chi connectivity index (χ0v) is 15.8. The van der Waals surface area contributed by atoms with Crippen LogP contribution in [0.2, 0.25) is 5.02 Å². The molecule has 0 unspecified atom stereocenters. The van der Waals surface area contributed by atoms with E-state index in [9.17, 15) is 9.59 Å². The molecule has 5 nitrogen and oxygen atoms in total. The third-order valence-corrected chi connectivity index (χ3v) is 4.79. The normalized spacial score (nSPS) is 16.7. The summed E-state index contributed by atoms with van der Waals surface area (Å²) in [6.45, 7) is 4.34. The topological polar surface area (TPSA) is 58.6 Å². The van der Waals surface area contributed by atoms with Crippen molar-refractivity contribution >= 4 is 34.8 Å². The fourth-order valence-electron chi connectivity index (χ4n) is 3.24. The first-order chi connectivity index (χ1) is 12.4. The van der Waals surface area contributed by atoms with Crippen LogP contribution in [0.3, 0.4) is 0 Å². The highest BCUT2D eigenvalue weighted by Gasteiger charge is 2.35. The lowest BCUT2D eigenvalue weighted by molar-refractivity contribution is -0.122. The Labute approximate surface area is 157 Å². The van der Waals surface area contributed by atoms with Gasteiger partial charge in [0.25, 0.3) is 0 Å². The largest absolute Gasteiger partial charge is 0.495 e. The molecule has 136 valence electrons. The van der Waals surface area contributed by atoms with Crippen LogP contribution in [0.5, 0.6) is 5.75 Å². The van der Waals surface area contributed by atoms with Crippen LogP contribution in [0.4, 0.5) is 11.4 Å². The Kier molecular flexibility index (Phi) is 5.18. The molecule has 0 spiro atoms. The molecule has 0 aliphatic carbocycles. The van der Waals surface area contributed by atoms with E-state index in [1.54, 1.807) is 23.1 Å². The second kappa shape index (κ2) is 7.38. The van der Waals surface area contributed by atoms with Crippen molar-refractivity contribution in [2.24, 2.45) is 5.92 Å². The molecular weight excluding hydrogens is 352 g/mol. The summed E-state index contributed by atoms with van der Waals surface area (Å²) in [5, 5.41) is 3.33. The van der Waals surface area contributed by atoms with E-state index in [1.807, 2.05) is 32.0 Å². The molecule has 0 saturated carbocycles. The van der Waals surface area contributed by atoms with Crippen LogP contribution < -0.4 is 15.0 Å². The first-order valence-electron chi connectivity index (χ1n) is 8.41. The second-order valence-corrected chi connectivity index (χ2v) is 6.97. The number of carbonyl (C=O) groups is 2. The Hall–Kier alpha value is -2.53. The maximum atomic E-state index is 12.7. The highest BCUT2D eigenvalue weighted by Crippen LogP contribution is 2.31. The monoisotopic (exact) mass is 372 g/mol. The first-order valence-corrected chi connectivity index (χ1v) is 8.79. The van der Waals surface area contributed by atoms with Crippen molar-refractivity contribution in [3.8, 4) is 5.75 Å². The Morgan fingerprint density at radius 2 is 2.00 bits per heavy atom. The summed E-state index contributed by atoms with van der Waals surface area (Å²) in [7, 11) is 1.53. The molecule has 26 heavy (non-hydrogen) atoms. The van der Waals surface area contributed by atoms with E-state index in [0.717, 1.165) is 16.8 Å². The summed E-state index contributed by atoms with van der Waals surface area (Å²) in [5.41, 5.74) is 3.52. The minimum atomic E-state index is -0.424. The quantitative estimate of drug-likeness (QED) is 0.883. The summed E-state index contributed by atoms with van der Waals surface area (Å²) < 4.78 is 5.25. The predicted molar refractivity (Wildman–Crippen MR) is 103 cm³/mol. The standard InChI is InChI=1S/C20H21ClN2O3/c1-12-4-6-17(13(2)8-12)23-11-14(9-19(23)24)20(25)22-16-10-15(21)5-7-18(16)26-3/h4-8,10,14H,9,11H2,1-3H3,(H,22,25)/t14-/m0/s1. The number of hydrogen-bond acceptors (Lipinski definition) is 3. The Morgan fingerprint density at radius 3 is 2.69 bits per heavy atom. The lowest BCUT2D eigenvalue weighted by Crippen LogP contribution is -2.28. The summed E-state index contributed by atoms with van der Waals surface area (Å²) in [4.78, 5) is 26.8. The summed E-state index contributed by atoms with van der Waals surface area (Å²) >= 11 is 6.00. The van der Waals surface area contributed by atoms with Crippen LogP contribution in [0.25, 0.3) is 0 Å². The van der Waals surface area contributed by atoms with E-state index in [0.29, 0.717) is 23.0 Å². The van der Waals surface area contributed by atoms with Crippen molar-refractivity contribution in [3.63, 3.8) is 0 Å². The number of methoxy groups -OCH3 is 1. The molecule has 2 amide bonds. The lowest BCUT2D eigenvalue weighted by Gasteiger charge is -2.19. The van der Waals surface area contributed by atoms with Crippen molar-refractivity contribution in [3.05, 3.63) is 52.5 Å². The van der Waals surface area contributed by atoms with E-state index in [1.165, 1.54) is 7.11 Å². The fourth-order valence-corrected chi connectivity index (χ4v) is 3.41. The lowest BCUT2D eigenvalue weighted by atomic mass is 10.1. The van der Waals surface area contributed by atoms with Gasteiger partial charge in [0.05, 0.1) is 18.7 Å². The van der Waals surface area contributed by atoms with E-state index in [2.05, 4.69) is 5.32 Å². The van der Waals surface area contributed by atoms with E-state index in [4.69, 9.17) is 16.3 Å². The Balaban J connectivity index is 1.76. The molecule has 1 heterocycles. The zero-order chi connectivity index (χ0) is 18.8. The third-order valence-electron chi connectivity index (χ3n) is 4.56. The van der Waals surface area contributed by atoms with Gasteiger partial charge in [-0.15, -0.1) is 0 Å². The molecule has 2 aromatic rings. The van der Waals surface area contributed by atoms with Gasteiger partial charge < -0.3 is 15.0 Å². The van der Waals surface area contributed by atoms with Crippen LogP contribution in [-0.4, -0.2) is 25.5 Å². The Morgan fingerprint density at radius 1 is 1.23 bits per heavy atom. The van der Waals surface area contributed by atoms with Crippen molar-refractivity contribution in [2.75, 3.05) is 23.9 Å². The van der Waals surface area contributed by atoms with Crippen molar-refractivity contribution < 1.29 is 14.3 Å². The number of nitrogens with one attached hydrogen (secondary N) is 1. The number of anilines is 2. The smallest absolute Gasteiger partial charge is 0.229 e. The Bertz CT molecular complexity index is 866. The maximum Gasteiger partial charge on any atom is 0.229 e. The summed E-state index contributed by atoms with van der Waals surface area (Å²) in [6.07, 6.45) is 0.183. The number of rotatable bonds is 4. The van der Waals surface area contributed by atoms with Crippen LogP contribution >= 0.6 is 11.6 Å². The molecule has 1 saturated heterocycles. The van der Waals surface area contributed by atoms with Gasteiger partial charge >= 0.3 is 0 Å². The van der Waals surface area contributed by atoms with Gasteiger partial charge in [-0.2, -0.15) is 0 Å². The molecule has 1 aliphatic heterocycles. The van der Waals surface area contributed by atoms with Crippen molar-refractivity contribution in [2.45, 2.75) is 20.3 Å². The number of halogens is 1. The second-order valence-electron chi connectivity index (χ2n) is 6.53. The van der Waals surface area contributed by atoms with Crippen LogP contribution in [0.1, 0.15) is 17.5 Å². The average molecular weight is 373 g/mol. The predicted octanol–water partition coefficient (Wildman–Crippen LogP) is 3.96. The number of ether oxygens (including phenoxy) is 1. The van der Waals surface area contributed by atoms with Gasteiger partial charge in [-0.1, -0.05) is 29.3 Å². The number of benzene rings is 2. The molecule has 0 radical (unpaired) electrons. The highest BCUT2D eigenvalue weighted by molar-refractivity contribution is 6.31.